The standard InChI is InChI=1S/C21H28N2O4/c1-15(22-12-11-16-7-5-6-8-19(16)26-3)13-21(24)23-18-14-17(25-2)9-10-20(18)27-4/h5-10,14-15,22H,11-13H2,1-4H3,(H,23,24). The van der Waals surface area contributed by atoms with Crippen LogP contribution in [0.25, 0.3) is 0 Å². The van der Waals surface area contributed by atoms with Crippen molar-refractivity contribution in [1.82, 2.24) is 5.32 Å². The SMILES string of the molecule is COc1ccc(OC)c(NC(=O)CC(C)NCCc2ccccc2OC)c1. The summed E-state index contributed by atoms with van der Waals surface area (Å²) in [5.41, 5.74) is 1.74. The van der Waals surface area contributed by atoms with Gasteiger partial charge in [-0.05, 0) is 43.7 Å². The molecule has 1 amide bonds. The van der Waals surface area contributed by atoms with Gasteiger partial charge >= 0.3 is 0 Å². The van der Waals surface area contributed by atoms with E-state index in [1.165, 1.54) is 0 Å². The molecule has 0 saturated heterocycles. The molecular weight excluding hydrogens is 344 g/mol. The minimum atomic E-state index is -0.0844. The summed E-state index contributed by atoms with van der Waals surface area (Å²) in [5.74, 6) is 2.06. The number of rotatable bonds is 10. The summed E-state index contributed by atoms with van der Waals surface area (Å²) in [6.45, 7) is 2.75. The van der Waals surface area contributed by atoms with Gasteiger partial charge in [0.2, 0.25) is 5.91 Å². The Bertz CT molecular complexity index is 749. The zero-order chi connectivity index (χ0) is 19.6. The smallest absolute Gasteiger partial charge is 0.226 e. The van der Waals surface area contributed by atoms with Crippen molar-refractivity contribution in [2.24, 2.45) is 0 Å². The summed E-state index contributed by atoms with van der Waals surface area (Å²) >= 11 is 0. The molecule has 0 aliphatic carbocycles. The van der Waals surface area contributed by atoms with Gasteiger partial charge in [-0.2, -0.15) is 0 Å². The molecule has 2 aromatic rings. The van der Waals surface area contributed by atoms with Gasteiger partial charge in [0.05, 0.1) is 27.0 Å². The number of ether oxygens (including phenoxy) is 3. The fourth-order valence-corrected chi connectivity index (χ4v) is 2.83. The maximum absolute atomic E-state index is 12.4. The number of anilines is 1. The van der Waals surface area contributed by atoms with Gasteiger partial charge < -0.3 is 24.8 Å². The summed E-state index contributed by atoms with van der Waals surface area (Å²) in [6.07, 6.45) is 1.19. The molecule has 0 spiro atoms. The van der Waals surface area contributed by atoms with E-state index in [-0.39, 0.29) is 11.9 Å². The minimum Gasteiger partial charge on any atom is -0.497 e. The van der Waals surface area contributed by atoms with Crippen LogP contribution in [0.2, 0.25) is 0 Å². The van der Waals surface area contributed by atoms with Gasteiger partial charge in [-0.25, -0.2) is 0 Å². The summed E-state index contributed by atoms with van der Waals surface area (Å²) in [4.78, 5) is 12.4. The number of carbonyl (C=O) groups is 1. The van der Waals surface area contributed by atoms with Gasteiger partial charge in [0.15, 0.2) is 0 Å². The number of hydrogen-bond donors (Lipinski definition) is 2. The predicted molar refractivity (Wildman–Crippen MR) is 107 cm³/mol. The summed E-state index contributed by atoms with van der Waals surface area (Å²) in [7, 11) is 4.83. The van der Waals surface area contributed by atoms with Crippen molar-refractivity contribution in [3.8, 4) is 17.2 Å². The third-order valence-electron chi connectivity index (χ3n) is 4.25. The second-order valence-corrected chi connectivity index (χ2v) is 6.24. The molecular formula is C21H28N2O4. The normalized spacial score (nSPS) is 11.6. The van der Waals surface area contributed by atoms with Gasteiger partial charge in [-0.15, -0.1) is 0 Å². The van der Waals surface area contributed by atoms with E-state index in [0.717, 1.165) is 24.3 Å². The molecule has 6 heteroatoms. The Labute approximate surface area is 160 Å². The van der Waals surface area contributed by atoms with Crippen LogP contribution in [0.5, 0.6) is 17.2 Å². The van der Waals surface area contributed by atoms with Crippen molar-refractivity contribution in [2.45, 2.75) is 25.8 Å². The minimum absolute atomic E-state index is 0.0382. The summed E-state index contributed by atoms with van der Waals surface area (Å²) < 4.78 is 15.9. The lowest BCUT2D eigenvalue weighted by Gasteiger charge is -2.16. The van der Waals surface area contributed by atoms with Gasteiger partial charge in [0.1, 0.15) is 17.2 Å². The van der Waals surface area contributed by atoms with Crippen LogP contribution in [0.4, 0.5) is 5.69 Å². The first-order chi connectivity index (χ1) is 13.1. The third-order valence-corrected chi connectivity index (χ3v) is 4.25. The zero-order valence-electron chi connectivity index (χ0n) is 16.4. The molecule has 0 saturated carbocycles. The number of para-hydroxylation sites is 1. The molecule has 0 heterocycles. The highest BCUT2D eigenvalue weighted by molar-refractivity contribution is 5.92. The van der Waals surface area contributed by atoms with Gasteiger partial charge in [-0.3, -0.25) is 4.79 Å². The predicted octanol–water partition coefficient (Wildman–Crippen LogP) is 3.26. The molecule has 6 nitrogen and oxygen atoms in total. The molecule has 1 atom stereocenters. The molecule has 0 aromatic heterocycles. The highest BCUT2D eigenvalue weighted by Gasteiger charge is 2.12. The summed E-state index contributed by atoms with van der Waals surface area (Å²) in [5, 5.41) is 6.27. The third kappa shape index (κ3) is 6.18. The molecule has 1 unspecified atom stereocenters. The van der Waals surface area contributed by atoms with Crippen LogP contribution in [0.3, 0.4) is 0 Å². The number of carbonyl (C=O) groups excluding carboxylic acids is 1. The van der Waals surface area contributed by atoms with Crippen molar-refractivity contribution in [3.63, 3.8) is 0 Å². The van der Waals surface area contributed by atoms with Crippen molar-refractivity contribution >= 4 is 11.6 Å². The Balaban J connectivity index is 1.83. The maximum atomic E-state index is 12.4. The van der Waals surface area contributed by atoms with Gasteiger partial charge in [0.25, 0.3) is 0 Å². The fraction of sp³-hybridized carbons (Fsp3) is 0.381. The second-order valence-electron chi connectivity index (χ2n) is 6.24. The molecule has 27 heavy (non-hydrogen) atoms. The van der Waals surface area contributed by atoms with E-state index < -0.39 is 0 Å². The van der Waals surface area contributed by atoms with Gasteiger partial charge in [0, 0.05) is 18.5 Å². The van der Waals surface area contributed by atoms with Crippen LogP contribution < -0.4 is 24.8 Å². The number of methoxy groups -OCH3 is 3. The van der Waals surface area contributed by atoms with Crippen molar-refractivity contribution < 1.29 is 19.0 Å². The number of amides is 1. The first-order valence-corrected chi connectivity index (χ1v) is 8.94. The Morgan fingerprint density at radius 3 is 2.44 bits per heavy atom. The second kappa shape index (κ2) is 10.4. The highest BCUT2D eigenvalue weighted by Crippen LogP contribution is 2.29. The van der Waals surface area contributed by atoms with Crippen molar-refractivity contribution in [1.29, 1.82) is 0 Å². The molecule has 0 radical (unpaired) electrons. The average molecular weight is 372 g/mol. The Hall–Kier alpha value is -2.73. The molecule has 2 N–H and O–H groups in total. The van der Waals surface area contributed by atoms with Crippen molar-refractivity contribution in [3.05, 3.63) is 48.0 Å². The summed E-state index contributed by atoms with van der Waals surface area (Å²) in [6, 6.07) is 13.3. The van der Waals surface area contributed by atoms with E-state index in [1.807, 2.05) is 31.2 Å². The first kappa shape index (κ1) is 20.6. The molecule has 2 aromatic carbocycles. The zero-order valence-corrected chi connectivity index (χ0v) is 16.4. The number of benzene rings is 2. The lowest BCUT2D eigenvalue weighted by molar-refractivity contribution is -0.116. The van der Waals surface area contributed by atoms with E-state index in [0.29, 0.717) is 23.6 Å². The van der Waals surface area contributed by atoms with Crippen LogP contribution in [-0.2, 0) is 11.2 Å². The van der Waals surface area contributed by atoms with E-state index in [4.69, 9.17) is 14.2 Å². The van der Waals surface area contributed by atoms with Crippen LogP contribution >= 0.6 is 0 Å². The first-order valence-electron chi connectivity index (χ1n) is 8.94. The van der Waals surface area contributed by atoms with Crippen LogP contribution in [0, 0.1) is 0 Å². The lowest BCUT2D eigenvalue weighted by Crippen LogP contribution is -2.32. The average Bonchev–Trinajstić information content (AvgIpc) is 2.68. The number of nitrogens with one attached hydrogen (secondary N) is 2. The fourth-order valence-electron chi connectivity index (χ4n) is 2.83. The van der Waals surface area contributed by atoms with Crippen LogP contribution in [0.15, 0.2) is 42.5 Å². The molecule has 0 aliphatic rings. The molecule has 146 valence electrons. The lowest BCUT2D eigenvalue weighted by atomic mass is 10.1. The monoisotopic (exact) mass is 372 g/mol. The Kier molecular flexibility index (Phi) is 7.95. The van der Waals surface area contributed by atoms with Crippen LogP contribution in [0.1, 0.15) is 18.9 Å². The molecule has 2 rings (SSSR count). The molecule has 0 aliphatic heterocycles. The maximum Gasteiger partial charge on any atom is 0.226 e. The van der Waals surface area contributed by atoms with E-state index >= 15 is 0 Å². The van der Waals surface area contributed by atoms with Gasteiger partial charge in [-0.1, -0.05) is 18.2 Å². The molecule has 0 bridgehead atoms. The highest BCUT2D eigenvalue weighted by atomic mass is 16.5. The quantitative estimate of drug-likeness (QED) is 0.670. The Morgan fingerprint density at radius 1 is 1.00 bits per heavy atom. The topological polar surface area (TPSA) is 68.8 Å². The number of hydrogen-bond acceptors (Lipinski definition) is 5. The van der Waals surface area contributed by atoms with E-state index in [1.54, 1.807) is 39.5 Å². The van der Waals surface area contributed by atoms with E-state index in [2.05, 4.69) is 10.6 Å². The van der Waals surface area contributed by atoms with Crippen LogP contribution in [-0.4, -0.2) is 39.8 Å². The largest absolute Gasteiger partial charge is 0.497 e. The van der Waals surface area contributed by atoms with Crippen molar-refractivity contribution in [2.75, 3.05) is 33.2 Å². The molecule has 0 fully saturated rings. The van der Waals surface area contributed by atoms with E-state index in [9.17, 15) is 4.79 Å². The Morgan fingerprint density at radius 2 is 1.74 bits per heavy atom.